The van der Waals surface area contributed by atoms with Crippen molar-refractivity contribution < 1.29 is 9.59 Å². The fraction of sp³-hybridized carbons (Fsp3) is 0.593. The van der Waals surface area contributed by atoms with Gasteiger partial charge in [0.25, 0.3) is 0 Å². The number of halogens is 1. The van der Waals surface area contributed by atoms with Crippen LogP contribution in [-0.2, 0) is 16.1 Å². The molecule has 1 N–H and O–H groups in total. The zero-order chi connectivity index (χ0) is 23.4. The smallest absolute Gasteiger partial charge is 0.243 e. The van der Waals surface area contributed by atoms with E-state index in [9.17, 15) is 9.59 Å². The average Bonchev–Trinajstić information content (AvgIpc) is 3.43. The summed E-state index contributed by atoms with van der Waals surface area (Å²) >= 11 is 7.62. The number of amides is 2. The summed E-state index contributed by atoms with van der Waals surface area (Å²) in [5.74, 6) is 2.44. The van der Waals surface area contributed by atoms with Crippen molar-refractivity contribution in [3.05, 3.63) is 39.2 Å². The van der Waals surface area contributed by atoms with Crippen LogP contribution in [0.2, 0.25) is 5.02 Å². The Bertz CT molecular complexity index is 1080. The van der Waals surface area contributed by atoms with E-state index in [2.05, 4.69) is 12.2 Å². The molecule has 2 aromatic rings. The van der Waals surface area contributed by atoms with Gasteiger partial charge in [-0.15, -0.1) is 11.3 Å². The summed E-state index contributed by atoms with van der Waals surface area (Å²) in [4.78, 5) is 34.9. The van der Waals surface area contributed by atoms with Crippen molar-refractivity contribution in [3.63, 3.8) is 0 Å². The number of rotatable bonds is 5. The maximum atomic E-state index is 13.8. The third-order valence-corrected chi connectivity index (χ3v) is 9.90. The first-order valence-electron chi connectivity index (χ1n) is 12.7. The van der Waals surface area contributed by atoms with Crippen LogP contribution < -0.4 is 5.32 Å². The third-order valence-electron chi connectivity index (χ3n) is 8.68. The minimum absolute atomic E-state index is 0.0310. The minimum Gasteiger partial charge on any atom is -0.348 e. The lowest BCUT2D eigenvalue weighted by Gasteiger charge is -2.56. The van der Waals surface area contributed by atoms with Gasteiger partial charge in [0.1, 0.15) is 11.0 Å². The topological polar surface area (TPSA) is 62.3 Å². The van der Waals surface area contributed by atoms with Gasteiger partial charge in [-0.2, -0.15) is 0 Å². The molecule has 4 aliphatic carbocycles. The summed E-state index contributed by atoms with van der Waals surface area (Å²) in [6.07, 6.45) is 8.78. The molecule has 2 heterocycles. The van der Waals surface area contributed by atoms with Crippen molar-refractivity contribution in [2.24, 2.45) is 23.2 Å². The van der Waals surface area contributed by atoms with Crippen LogP contribution in [0, 0.1) is 30.1 Å². The predicted molar refractivity (Wildman–Crippen MR) is 134 cm³/mol. The summed E-state index contributed by atoms with van der Waals surface area (Å²) < 4.78 is 0. The molecule has 7 heteroatoms. The minimum atomic E-state index is -0.336. The second-order valence-corrected chi connectivity index (χ2v) is 12.8. The number of likely N-dealkylation sites (tertiary alicyclic amines) is 1. The molecular weight excluding hydrogens is 466 g/mol. The highest BCUT2D eigenvalue weighted by Gasteiger charge is 2.56. The van der Waals surface area contributed by atoms with E-state index in [1.165, 1.54) is 19.3 Å². The first-order chi connectivity index (χ1) is 16.4. The molecule has 1 atom stereocenters. The van der Waals surface area contributed by atoms with Crippen molar-refractivity contribution in [1.29, 1.82) is 0 Å². The van der Waals surface area contributed by atoms with Crippen LogP contribution in [0.5, 0.6) is 0 Å². The second kappa shape index (κ2) is 8.63. The van der Waals surface area contributed by atoms with Crippen LogP contribution in [0.1, 0.15) is 61.3 Å². The SMILES string of the molecule is Cc1sc(CNC(=O)C2CCCN2C(=O)C23CC4CC(CC(C4)C2)C3)nc1-c1ccc(Cl)cc1. The molecule has 0 radical (unpaired) electrons. The molecule has 1 saturated heterocycles. The predicted octanol–water partition coefficient (Wildman–Crippen LogP) is 5.60. The molecule has 4 bridgehead atoms. The number of aryl methyl sites for hydroxylation is 1. The van der Waals surface area contributed by atoms with E-state index in [0.29, 0.717) is 11.6 Å². The number of benzene rings is 1. The first-order valence-corrected chi connectivity index (χ1v) is 13.9. The summed E-state index contributed by atoms with van der Waals surface area (Å²) in [5.41, 5.74) is 1.78. The molecule has 5 nitrogen and oxygen atoms in total. The fourth-order valence-electron chi connectivity index (χ4n) is 7.64. The number of carbonyl (C=O) groups is 2. The van der Waals surface area contributed by atoms with Gasteiger partial charge in [0, 0.05) is 22.0 Å². The Labute approximate surface area is 210 Å². The molecule has 34 heavy (non-hydrogen) atoms. The number of aromatic nitrogens is 1. The highest BCUT2D eigenvalue weighted by Crippen LogP contribution is 2.60. The maximum Gasteiger partial charge on any atom is 0.243 e. The van der Waals surface area contributed by atoms with Crippen LogP contribution in [0.3, 0.4) is 0 Å². The maximum absolute atomic E-state index is 13.8. The van der Waals surface area contributed by atoms with Crippen LogP contribution >= 0.6 is 22.9 Å². The van der Waals surface area contributed by atoms with Gasteiger partial charge in [-0.05, 0) is 88.2 Å². The number of nitrogens with one attached hydrogen (secondary N) is 1. The highest BCUT2D eigenvalue weighted by molar-refractivity contribution is 7.12. The number of nitrogens with zero attached hydrogens (tertiary/aromatic N) is 2. The molecular formula is C27H32ClN3O2S. The standard InChI is InChI=1S/C27H32ClN3O2S/c1-16-24(20-4-6-21(28)7-5-20)30-23(34-16)15-29-25(32)22-3-2-8-31(22)26(33)27-12-17-9-18(13-27)11-19(10-17)14-27/h4-7,17-19,22H,2-3,8-15H2,1H3,(H,29,32). The Hall–Kier alpha value is -1.92. The molecule has 2 amide bonds. The van der Waals surface area contributed by atoms with Gasteiger partial charge in [-0.1, -0.05) is 23.7 Å². The number of thiazole rings is 1. The van der Waals surface area contributed by atoms with Crippen LogP contribution in [0.25, 0.3) is 11.3 Å². The number of hydrogen-bond acceptors (Lipinski definition) is 4. The average molecular weight is 498 g/mol. The summed E-state index contributed by atoms with van der Waals surface area (Å²) in [7, 11) is 0. The van der Waals surface area contributed by atoms with Crippen molar-refractivity contribution in [2.75, 3.05) is 6.54 Å². The molecule has 5 fully saturated rings. The summed E-state index contributed by atoms with van der Waals surface area (Å²) in [6, 6.07) is 7.34. The molecule has 0 spiro atoms. The van der Waals surface area contributed by atoms with E-state index in [1.807, 2.05) is 29.2 Å². The van der Waals surface area contributed by atoms with Gasteiger partial charge in [0.15, 0.2) is 0 Å². The molecule has 4 saturated carbocycles. The highest BCUT2D eigenvalue weighted by atomic mass is 35.5. The van der Waals surface area contributed by atoms with E-state index in [1.54, 1.807) is 11.3 Å². The van der Waals surface area contributed by atoms with Gasteiger partial charge in [0.05, 0.1) is 17.7 Å². The van der Waals surface area contributed by atoms with Gasteiger partial charge < -0.3 is 10.2 Å². The zero-order valence-corrected chi connectivity index (χ0v) is 21.3. The fourth-order valence-corrected chi connectivity index (χ4v) is 8.66. The van der Waals surface area contributed by atoms with Crippen molar-refractivity contribution in [3.8, 4) is 11.3 Å². The Morgan fingerprint density at radius 3 is 2.41 bits per heavy atom. The molecule has 1 aliphatic heterocycles. The Balaban J connectivity index is 1.12. The molecule has 1 aromatic carbocycles. The molecule has 1 aromatic heterocycles. The van der Waals surface area contributed by atoms with Crippen LogP contribution in [0.15, 0.2) is 24.3 Å². The molecule has 1 unspecified atom stereocenters. The van der Waals surface area contributed by atoms with Gasteiger partial charge >= 0.3 is 0 Å². The Morgan fingerprint density at radius 1 is 1.12 bits per heavy atom. The lowest BCUT2D eigenvalue weighted by atomic mass is 9.49. The Kier molecular flexibility index (Phi) is 5.72. The van der Waals surface area contributed by atoms with Gasteiger partial charge in [0.2, 0.25) is 11.8 Å². The van der Waals surface area contributed by atoms with E-state index < -0.39 is 0 Å². The molecule has 7 rings (SSSR count). The number of hydrogen-bond donors (Lipinski definition) is 1. The summed E-state index contributed by atoms with van der Waals surface area (Å²) in [6.45, 7) is 3.17. The molecule has 180 valence electrons. The van der Waals surface area contributed by atoms with Crippen molar-refractivity contribution >= 4 is 34.8 Å². The van der Waals surface area contributed by atoms with Gasteiger partial charge in [-0.25, -0.2) is 4.98 Å². The van der Waals surface area contributed by atoms with E-state index >= 15 is 0 Å². The van der Waals surface area contributed by atoms with Gasteiger partial charge in [-0.3, -0.25) is 9.59 Å². The number of carbonyl (C=O) groups excluding carboxylic acids is 2. The largest absolute Gasteiger partial charge is 0.348 e. The first kappa shape index (κ1) is 22.5. The second-order valence-electron chi connectivity index (χ2n) is 11.1. The normalized spacial score (nSPS) is 31.8. The third kappa shape index (κ3) is 3.97. The lowest BCUT2D eigenvalue weighted by Crippen LogP contribution is -2.57. The summed E-state index contributed by atoms with van der Waals surface area (Å²) in [5, 5.41) is 4.68. The van der Waals surface area contributed by atoms with E-state index in [4.69, 9.17) is 16.6 Å². The van der Waals surface area contributed by atoms with Crippen LogP contribution in [-0.4, -0.2) is 34.3 Å². The monoisotopic (exact) mass is 497 g/mol. The van der Waals surface area contributed by atoms with E-state index in [0.717, 1.165) is 77.5 Å². The molecule has 5 aliphatic rings. The van der Waals surface area contributed by atoms with Crippen molar-refractivity contribution in [2.45, 2.75) is 70.9 Å². The zero-order valence-electron chi connectivity index (χ0n) is 19.7. The quantitative estimate of drug-likeness (QED) is 0.585. The lowest BCUT2D eigenvalue weighted by molar-refractivity contribution is -0.160. The Morgan fingerprint density at radius 2 is 1.76 bits per heavy atom. The van der Waals surface area contributed by atoms with Crippen LogP contribution in [0.4, 0.5) is 0 Å². The van der Waals surface area contributed by atoms with Crippen molar-refractivity contribution in [1.82, 2.24) is 15.2 Å². The van der Waals surface area contributed by atoms with E-state index in [-0.39, 0.29) is 23.3 Å².